The molecule has 1 aliphatic heterocycles. The maximum Gasteiger partial charge on any atom is 0.338 e. The number of carbonyl (C=O) groups excluding carboxylic acids is 2. The number of hydrogen-bond donors (Lipinski definition) is 2. The van der Waals surface area contributed by atoms with Crippen LogP contribution >= 0.6 is 11.8 Å². The molecule has 0 bridgehead atoms. The van der Waals surface area contributed by atoms with Crippen molar-refractivity contribution >= 4 is 29.4 Å². The lowest BCUT2D eigenvalue weighted by Gasteiger charge is -2.26. The van der Waals surface area contributed by atoms with E-state index in [4.69, 9.17) is 4.74 Å². The zero-order valence-electron chi connectivity index (χ0n) is 14.5. The summed E-state index contributed by atoms with van der Waals surface area (Å²) in [5, 5.41) is 5.66. The summed E-state index contributed by atoms with van der Waals surface area (Å²) in [6.07, 6.45) is 0.718. The molecule has 1 unspecified atom stereocenters. The van der Waals surface area contributed by atoms with Crippen LogP contribution in [-0.2, 0) is 4.74 Å². The molecule has 0 spiro atoms. The van der Waals surface area contributed by atoms with Crippen molar-refractivity contribution in [1.29, 1.82) is 0 Å². The van der Waals surface area contributed by atoms with Crippen LogP contribution < -0.4 is 10.6 Å². The molecule has 26 heavy (non-hydrogen) atoms. The summed E-state index contributed by atoms with van der Waals surface area (Å²) in [4.78, 5) is 24.8. The van der Waals surface area contributed by atoms with Gasteiger partial charge in [-0.3, -0.25) is 0 Å². The Labute approximate surface area is 155 Å². The van der Waals surface area contributed by atoms with Crippen molar-refractivity contribution in [2.75, 3.05) is 18.2 Å². The average molecular weight is 374 g/mol. The van der Waals surface area contributed by atoms with Gasteiger partial charge in [0, 0.05) is 16.3 Å². The summed E-state index contributed by atoms with van der Waals surface area (Å²) in [6, 6.07) is 9.28. The van der Waals surface area contributed by atoms with Gasteiger partial charge in [-0.1, -0.05) is 18.2 Å². The van der Waals surface area contributed by atoms with Crippen LogP contribution in [0.3, 0.4) is 0 Å². The van der Waals surface area contributed by atoms with Crippen molar-refractivity contribution in [2.24, 2.45) is 0 Å². The first-order valence-electron chi connectivity index (χ1n) is 8.18. The van der Waals surface area contributed by atoms with Crippen molar-refractivity contribution < 1.29 is 18.7 Å². The maximum atomic E-state index is 13.9. The molecule has 1 atom stereocenters. The second kappa shape index (κ2) is 7.78. The molecule has 0 fully saturated rings. The van der Waals surface area contributed by atoms with Crippen molar-refractivity contribution in [3.63, 3.8) is 0 Å². The molecule has 2 aromatic carbocycles. The highest BCUT2D eigenvalue weighted by atomic mass is 32.2. The molecule has 3 rings (SSSR count). The molecule has 1 heterocycles. The van der Waals surface area contributed by atoms with Crippen LogP contribution in [0.1, 0.15) is 33.9 Å². The van der Waals surface area contributed by atoms with Gasteiger partial charge in [0.1, 0.15) is 5.82 Å². The number of esters is 1. The summed E-state index contributed by atoms with van der Waals surface area (Å²) in [5.41, 5.74) is 2.33. The molecule has 0 radical (unpaired) electrons. The van der Waals surface area contributed by atoms with Gasteiger partial charge in [0.15, 0.2) is 0 Å². The van der Waals surface area contributed by atoms with Crippen LogP contribution in [0.5, 0.6) is 0 Å². The van der Waals surface area contributed by atoms with E-state index in [0.717, 1.165) is 17.7 Å². The van der Waals surface area contributed by atoms with Gasteiger partial charge in [-0.25, -0.2) is 14.0 Å². The number of benzene rings is 2. The quantitative estimate of drug-likeness (QED) is 0.787. The number of halogens is 1. The number of rotatable bonds is 3. The standard InChI is InChI=1S/C19H19FN2O3S/c1-11-12(18(23)25-2)5-4-8-15(11)21-19(24)22-16-9-10-26-17-13(16)6-3-7-14(17)20/h3-8,16H,9-10H2,1-2H3,(H2,21,22,24). The Morgan fingerprint density at radius 3 is 2.77 bits per heavy atom. The fourth-order valence-electron chi connectivity index (χ4n) is 2.96. The number of carbonyl (C=O) groups is 2. The van der Waals surface area contributed by atoms with Gasteiger partial charge in [0.2, 0.25) is 0 Å². The molecule has 0 saturated carbocycles. The number of ether oxygens (including phenoxy) is 1. The normalized spacial score (nSPS) is 15.7. The van der Waals surface area contributed by atoms with E-state index in [1.807, 2.05) is 6.07 Å². The van der Waals surface area contributed by atoms with Crippen LogP contribution in [0.25, 0.3) is 0 Å². The lowest BCUT2D eigenvalue weighted by Crippen LogP contribution is -2.34. The van der Waals surface area contributed by atoms with Crippen LogP contribution in [0.2, 0.25) is 0 Å². The molecule has 2 aromatic rings. The van der Waals surface area contributed by atoms with E-state index >= 15 is 0 Å². The van der Waals surface area contributed by atoms with Crippen LogP contribution in [0.15, 0.2) is 41.3 Å². The van der Waals surface area contributed by atoms with Crippen molar-refractivity contribution in [1.82, 2.24) is 5.32 Å². The van der Waals surface area contributed by atoms with Gasteiger partial charge in [-0.15, -0.1) is 11.8 Å². The van der Waals surface area contributed by atoms with Gasteiger partial charge >= 0.3 is 12.0 Å². The first-order chi connectivity index (χ1) is 12.5. The van der Waals surface area contributed by atoms with Crippen molar-refractivity contribution in [3.8, 4) is 0 Å². The number of thioether (sulfide) groups is 1. The Balaban J connectivity index is 1.75. The Morgan fingerprint density at radius 2 is 2.00 bits per heavy atom. The highest BCUT2D eigenvalue weighted by Gasteiger charge is 2.24. The fourth-order valence-corrected chi connectivity index (χ4v) is 4.10. The Bertz CT molecular complexity index is 857. The monoisotopic (exact) mass is 374 g/mol. The summed E-state index contributed by atoms with van der Waals surface area (Å²) >= 11 is 1.46. The Hall–Kier alpha value is -2.54. The van der Waals surface area contributed by atoms with E-state index in [-0.39, 0.29) is 11.9 Å². The molecule has 136 valence electrons. The first-order valence-corrected chi connectivity index (χ1v) is 9.16. The molecular weight excluding hydrogens is 355 g/mol. The highest BCUT2D eigenvalue weighted by Crippen LogP contribution is 2.37. The summed E-state index contributed by atoms with van der Waals surface area (Å²) < 4.78 is 18.7. The maximum absolute atomic E-state index is 13.9. The van der Waals surface area contributed by atoms with E-state index in [0.29, 0.717) is 21.7 Å². The number of urea groups is 1. The minimum absolute atomic E-state index is 0.258. The molecule has 1 aliphatic rings. The average Bonchev–Trinajstić information content (AvgIpc) is 2.64. The van der Waals surface area contributed by atoms with E-state index in [9.17, 15) is 14.0 Å². The van der Waals surface area contributed by atoms with Gasteiger partial charge in [-0.2, -0.15) is 0 Å². The molecular formula is C19H19FN2O3S. The van der Waals surface area contributed by atoms with E-state index in [1.54, 1.807) is 31.2 Å². The zero-order valence-corrected chi connectivity index (χ0v) is 15.3. The lowest BCUT2D eigenvalue weighted by atomic mass is 10.0. The topological polar surface area (TPSA) is 67.4 Å². The van der Waals surface area contributed by atoms with Crippen molar-refractivity contribution in [2.45, 2.75) is 24.3 Å². The number of amides is 2. The predicted octanol–water partition coefficient (Wildman–Crippen LogP) is 4.28. The van der Waals surface area contributed by atoms with Crippen molar-refractivity contribution in [3.05, 3.63) is 58.9 Å². The Kier molecular flexibility index (Phi) is 5.46. The largest absolute Gasteiger partial charge is 0.465 e. The first kappa shape index (κ1) is 18.3. The molecule has 0 aromatic heterocycles. The summed E-state index contributed by atoms with van der Waals surface area (Å²) in [6.45, 7) is 1.74. The lowest BCUT2D eigenvalue weighted by molar-refractivity contribution is 0.0600. The van der Waals surface area contributed by atoms with Gasteiger partial charge < -0.3 is 15.4 Å². The second-order valence-electron chi connectivity index (χ2n) is 5.92. The second-order valence-corrected chi connectivity index (χ2v) is 7.02. The third-order valence-corrected chi connectivity index (χ3v) is 5.48. The Morgan fingerprint density at radius 1 is 1.23 bits per heavy atom. The van der Waals surface area contributed by atoms with Gasteiger partial charge in [0.05, 0.1) is 18.7 Å². The molecule has 0 saturated heterocycles. The predicted molar refractivity (Wildman–Crippen MR) is 99.2 cm³/mol. The molecule has 7 heteroatoms. The van der Waals surface area contributed by atoms with Crippen LogP contribution in [0.4, 0.5) is 14.9 Å². The van der Waals surface area contributed by atoms with E-state index in [2.05, 4.69) is 10.6 Å². The third kappa shape index (κ3) is 3.67. The fraction of sp³-hybridized carbons (Fsp3) is 0.263. The molecule has 5 nitrogen and oxygen atoms in total. The number of anilines is 1. The minimum Gasteiger partial charge on any atom is -0.465 e. The van der Waals surface area contributed by atoms with Crippen LogP contribution in [-0.4, -0.2) is 24.9 Å². The summed E-state index contributed by atoms with van der Waals surface area (Å²) in [7, 11) is 1.31. The number of nitrogens with one attached hydrogen (secondary N) is 2. The van der Waals surface area contributed by atoms with Gasteiger partial charge in [0.25, 0.3) is 0 Å². The molecule has 2 amide bonds. The summed E-state index contributed by atoms with van der Waals surface area (Å²) in [5.74, 6) is 0.0109. The number of methoxy groups -OCH3 is 1. The van der Waals surface area contributed by atoms with E-state index < -0.39 is 12.0 Å². The SMILES string of the molecule is COC(=O)c1cccc(NC(=O)NC2CCSc3c(F)cccc32)c1C. The smallest absolute Gasteiger partial charge is 0.338 e. The zero-order chi connectivity index (χ0) is 18.7. The molecule has 0 aliphatic carbocycles. The van der Waals surface area contributed by atoms with Crippen LogP contribution in [0, 0.1) is 12.7 Å². The van der Waals surface area contributed by atoms with E-state index in [1.165, 1.54) is 24.9 Å². The number of fused-ring (bicyclic) bond motifs is 1. The third-order valence-electron chi connectivity index (χ3n) is 4.32. The minimum atomic E-state index is -0.458. The molecule has 2 N–H and O–H groups in total. The number of hydrogen-bond acceptors (Lipinski definition) is 4. The van der Waals surface area contributed by atoms with Gasteiger partial charge in [-0.05, 0) is 42.7 Å². The highest BCUT2D eigenvalue weighted by molar-refractivity contribution is 7.99.